The fraction of sp³-hybridized carbons (Fsp3) is 0.0248. The second-order valence-electron chi connectivity index (χ2n) is 30.5. The Bertz CT molecular complexity index is 10400. The van der Waals surface area contributed by atoms with Crippen molar-refractivity contribution in [1.82, 2.24) is 9.97 Å². The lowest BCUT2D eigenvalue weighted by Crippen LogP contribution is -2.26. The quantitative estimate of drug-likeness (QED) is 0.117. The molecule has 123 heavy (non-hydrogen) atoms. The first kappa shape index (κ1) is 42.8. The van der Waals surface area contributed by atoms with E-state index in [1.54, 1.807) is 66.7 Å². The molecule has 1 spiro atoms. The van der Waals surface area contributed by atoms with Crippen molar-refractivity contribution in [3.05, 3.63) is 481 Å². The van der Waals surface area contributed by atoms with Gasteiger partial charge in [-0.15, -0.1) is 0 Å². The highest BCUT2D eigenvalue weighted by molar-refractivity contribution is 6.27. The van der Waals surface area contributed by atoms with Crippen LogP contribution in [0.1, 0.15) is 95.2 Å². The summed E-state index contributed by atoms with van der Waals surface area (Å²) in [6.45, 7) is 0. The fourth-order valence-corrected chi connectivity index (χ4v) is 19.0. The van der Waals surface area contributed by atoms with Crippen LogP contribution in [0, 0.1) is 0 Å². The molecule has 0 saturated carbocycles. The molecule has 0 fully saturated rings. The summed E-state index contributed by atoms with van der Waals surface area (Å²) in [5.74, 6) is 0. The number of fused-ring (bicyclic) bond motifs is 19. The van der Waals surface area contributed by atoms with Crippen molar-refractivity contribution < 1.29 is 50.7 Å². The smallest absolute Gasteiger partial charge is 0.0840 e. The largest absolute Gasteiger partial charge is 0.256 e. The van der Waals surface area contributed by atoms with E-state index in [4.69, 9.17) is 35.6 Å². The molecular formula is C121H76N2. The lowest BCUT2D eigenvalue weighted by atomic mass is 9.69. The van der Waals surface area contributed by atoms with Crippen LogP contribution in [0.4, 0.5) is 0 Å². The number of aromatic nitrogens is 2. The van der Waals surface area contributed by atoms with Crippen LogP contribution in [0.3, 0.4) is 0 Å². The number of hydrogen-bond acceptors (Lipinski definition) is 2. The molecule has 21 aromatic carbocycles. The predicted molar refractivity (Wildman–Crippen MR) is 518 cm³/mol. The van der Waals surface area contributed by atoms with Gasteiger partial charge in [-0.2, -0.15) is 0 Å². The van der Waals surface area contributed by atoms with Crippen molar-refractivity contribution in [2.24, 2.45) is 0 Å². The van der Waals surface area contributed by atoms with Gasteiger partial charge in [-0.1, -0.05) is 345 Å². The molecule has 0 saturated heterocycles. The van der Waals surface area contributed by atoms with E-state index in [1.165, 1.54) is 35.7 Å². The Hall–Kier alpha value is -15.7. The summed E-state index contributed by atoms with van der Waals surface area (Å²) < 4.78 is 328. The standard InChI is InChI=1S/C42H26N2.C42H26.C37H24/c1-2-10-26-21-29(18-17-25(26)9-1)38-30-13-7-11-27-22-34-32(36-15-3-5-19-43-36)24-33(37-16-4-6-20-44-37)35-23-28-12-8-14-31(38)40(28)42(39(27)30)41(34)35;1-3-10-31-24-41-33(22-29(31)8-1)20-21-39-35(14-7-15-38(39)41)27-16-18-28(19-17-27)40-26-34-23-30-9-2-4-11-32(30)25-42(34)37-13-6-5-12-36(37)40;1-3-11-25(12-4-1)27-19-21-31-32-22-20-28(26-13-5-2-6-14-26)24-36(32)37(35(31)23-27)33-17-9-7-15-29(33)30-16-8-10-18-34(30)37/h1-21,24H,22-23H2;1-26H;1-24H/i1D,2D,3D,4D,5D,6D,9D,10D,15D,16D,17D,18D,19D,20D,21D,22D2,23D2;16D,17D,18D,19D;1D,2D,3D,4D,5D,6D,7D,9D,11D,12D,13D,14D,15D,17D. The Morgan fingerprint density at radius 2 is 0.707 bits per heavy atom. The SMILES string of the molecule is [2H]c1c([2H])c(-c2cc3cc4ccccc4cc3c3ccccc23)c([2H])c([2H])c1-c1cccc2c1ccc1cc3ccccc3cc12.[2H]c1c([2H])c([2H])c(-c2ccc3c(c2)C2(c4cc(-c5c([2H])c([2H])c([2H])c([2H])c5[2H])ccc4-3)c3ccccc3-c3c([2H])c([2H])c([2H])c([2H])c32)c([2H])c1[2H].[2H]c1nc(-c2cc(-c3nc([2H])c([2H])c([2H])c3[2H])c3c4c2C([2H])([2H])c2cccc5c(-c6c([2H])c([2H])c7c([2H])c([2H])c([2H])c([2H])c7c6[2H])c6cccc(c6c-4c25)C3([2H])[2H])c([2H])c([2H])c1[2H]. The molecular weight excluding hydrogens is 1480 g/mol. The van der Waals surface area contributed by atoms with Gasteiger partial charge in [0, 0.05) is 29.0 Å². The molecule has 27 rings (SSSR count). The molecule has 570 valence electrons. The normalized spacial score (nSPS) is 17.8. The third kappa shape index (κ3) is 11.1. The maximum Gasteiger partial charge on any atom is 0.0840 e. The van der Waals surface area contributed by atoms with Crippen LogP contribution in [-0.4, -0.2) is 9.97 Å². The van der Waals surface area contributed by atoms with Crippen LogP contribution in [-0.2, 0) is 18.2 Å². The van der Waals surface area contributed by atoms with E-state index < -0.39 is 193 Å². The topological polar surface area (TPSA) is 25.8 Å². The Kier molecular flexibility index (Phi) is 9.81. The number of hydrogen-bond donors (Lipinski definition) is 0. The van der Waals surface area contributed by atoms with Crippen LogP contribution in [0.5, 0.6) is 0 Å². The first-order valence-electron chi connectivity index (χ1n) is 58.3. The Balaban J connectivity index is 0.000000124. The molecule has 0 amide bonds. The lowest BCUT2D eigenvalue weighted by molar-refractivity contribution is 0.794. The Morgan fingerprint density at radius 1 is 0.228 bits per heavy atom. The molecule has 2 heterocycles. The summed E-state index contributed by atoms with van der Waals surface area (Å²) in [4.78, 5) is 8.38. The van der Waals surface area contributed by atoms with Gasteiger partial charge in [0.25, 0.3) is 0 Å². The fourth-order valence-electron chi connectivity index (χ4n) is 19.0. The Morgan fingerprint density at radius 3 is 1.35 bits per heavy atom. The highest BCUT2D eigenvalue weighted by atomic mass is 14.7. The summed E-state index contributed by atoms with van der Waals surface area (Å²) in [5.41, 5.74) is 3.47. The van der Waals surface area contributed by atoms with Gasteiger partial charge in [-0.25, -0.2) is 0 Å². The van der Waals surface area contributed by atoms with E-state index in [1.807, 2.05) is 72.8 Å². The molecule has 2 nitrogen and oxygen atoms in total. The molecule has 0 radical (unpaired) electrons. The zero-order chi connectivity index (χ0) is 113. The monoisotopic (exact) mass is 1590 g/mol. The van der Waals surface area contributed by atoms with E-state index in [2.05, 4.69) is 76.7 Å². The maximum absolute atomic E-state index is 10.00. The predicted octanol–water partition coefficient (Wildman–Crippen LogP) is 31.7. The third-order valence-electron chi connectivity index (χ3n) is 24.2. The summed E-state index contributed by atoms with van der Waals surface area (Å²) in [6, 6.07) is 58.9. The van der Waals surface area contributed by atoms with Crippen LogP contribution >= 0.6 is 0 Å². The molecule has 0 N–H and O–H groups in total. The minimum atomic E-state index is -2.66. The number of rotatable bonds is 7. The zero-order valence-corrected chi connectivity index (χ0v) is 64.4. The van der Waals surface area contributed by atoms with E-state index in [9.17, 15) is 15.1 Å². The summed E-state index contributed by atoms with van der Waals surface area (Å²) in [5, 5.41) is 12.9. The second-order valence-corrected chi connectivity index (χ2v) is 30.5. The van der Waals surface area contributed by atoms with Crippen molar-refractivity contribution in [3.8, 4) is 112 Å². The van der Waals surface area contributed by atoms with E-state index in [-0.39, 0.29) is 146 Å². The minimum absolute atomic E-state index is 0.00433. The molecule has 0 bridgehead atoms. The Labute approximate surface area is 765 Å². The van der Waals surface area contributed by atoms with Gasteiger partial charge in [-0.3, -0.25) is 9.97 Å². The molecule has 2 heteroatoms. The highest BCUT2D eigenvalue weighted by Crippen LogP contribution is 2.64. The summed E-state index contributed by atoms with van der Waals surface area (Å²) >= 11 is 0. The van der Waals surface area contributed by atoms with Crippen molar-refractivity contribution in [1.29, 1.82) is 0 Å². The summed E-state index contributed by atoms with van der Waals surface area (Å²) in [7, 11) is 0. The molecule has 0 atom stereocenters. The van der Waals surface area contributed by atoms with Gasteiger partial charge < -0.3 is 0 Å². The third-order valence-corrected chi connectivity index (χ3v) is 24.2. The first-order valence-corrected chi connectivity index (χ1v) is 39.8. The van der Waals surface area contributed by atoms with Crippen molar-refractivity contribution in [2.45, 2.75) is 18.2 Å². The molecule has 4 aliphatic carbocycles. The van der Waals surface area contributed by atoms with Crippen molar-refractivity contribution >= 4 is 97.0 Å². The van der Waals surface area contributed by atoms with Gasteiger partial charge in [0.1, 0.15) is 0 Å². The number of nitrogens with zero attached hydrogens (tertiary/aromatic N) is 2. The van der Waals surface area contributed by atoms with Gasteiger partial charge in [-0.05, 0) is 322 Å². The average Bonchev–Trinajstić information content (AvgIpc) is 1.50. The zero-order valence-electron chi connectivity index (χ0n) is 101. The van der Waals surface area contributed by atoms with Gasteiger partial charge in [0.05, 0.1) is 62.0 Å². The molecule has 2 aromatic heterocycles. The van der Waals surface area contributed by atoms with E-state index >= 15 is 0 Å². The van der Waals surface area contributed by atoms with Crippen LogP contribution in [0.2, 0.25) is 0 Å². The number of benzene rings is 21. The highest BCUT2D eigenvalue weighted by Gasteiger charge is 2.52. The van der Waals surface area contributed by atoms with Gasteiger partial charge in [0.2, 0.25) is 0 Å². The van der Waals surface area contributed by atoms with E-state index in [0.717, 1.165) is 59.2 Å². The van der Waals surface area contributed by atoms with Crippen LogP contribution in [0.25, 0.3) is 208 Å². The van der Waals surface area contributed by atoms with Crippen molar-refractivity contribution in [2.75, 3.05) is 0 Å². The van der Waals surface area contributed by atoms with Crippen LogP contribution in [0.15, 0.2) is 436 Å². The number of pyridine rings is 2. The minimum Gasteiger partial charge on any atom is -0.256 e. The molecule has 0 aliphatic heterocycles. The summed E-state index contributed by atoms with van der Waals surface area (Å²) in [6.07, 6.45) is -6.74. The van der Waals surface area contributed by atoms with Crippen LogP contribution < -0.4 is 0 Å². The van der Waals surface area contributed by atoms with Crippen molar-refractivity contribution in [3.63, 3.8) is 0 Å². The maximum atomic E-state index is 10.00. The van der Waals surface area contributed by atoms with Gasteiger partial charge in [0.15, 0.2) is 0 Å². The molecule has 4 aliphatic rings. The second kappa shape index (κ2) is 28.2. The average molecular weight is 1600 g/mol. The lowest BCUT2D eigenvalue weighted by Gasteiger charge is -2.33. The molecule has 23 aromatic rings. The van der Waals surface area contributed by atoms with Gasteiger partial charge >= 0.3 is 0 Å². The van der Waals surface area contributed by atoms with E-state index in [0.29, 0.717) is 66.8 Å². The first-order chi connectivity index (χ1) is 76.2. The molecule has 0 unspecified atom stereocenters.